The SMILES string of the molecule is Cc1ccccc1NC(=O)Cc1ccc(N)cc1N. The third-order valence-corrected chi connectivity index (χ3v) is 2.94. The molecule has 2 aromatic carbocycles. The first-order valence-corrected chi connectivity index (χ1v) is 6.05. The maximum Gasteiger partial charge on any atom is 0.228 e. The summed E-state index contributed by atoms with van der Waals surface area (Å²) in [6.07, 6.45) is 0.237. The molecule has 0 aliphatic rings. The van der Waals surface area contributed by atoms with E-state index in [1.807, 2.05) is 31.2 Å². The van der Waals surface area contributed by atoms with Crippen LogP contribution in [0, 0.1) is 6.92 Å². The number of nitrogens with one attached hydrogen (secondary N) is 1. The summed E-state index contributed by atoms with van der Waals surface area (Å²) in [6, 6.07) is 12.8. The Balaban J connectivity index is 2.08. The molecule has 2 rings (SSSR count). The number of carbonyl (C=O) groups is 1. The number of nitrogens with two attached hydrogens (primary N) is 2. The van der Waals surface area contributed by atoms with Crippen LogP contribution in [0.1, 0.15) is 11.1 Å². The molecule has 0 radical (unpaired) electrons. The molecule has 98 valence electrons. The van der Waals surface area contributed by atoms with Crippen molar-refractivity contribution < 1.29 is 4.79 Å². The van der Waals surface area contributed by atoms with Gasteiger partial charge in [0.2, 0.25) is 5.91 Å². The second-order valence-corrected chi connectivity index (χ2v) is 4.50. The van der Waals surface area contributed by atoms with Crippen LogP contribution in [-0.4, -0.2) is 5.91 Å². The molecule has 0 unspecified atom stereocenters. The summed E-state index contributed by atoms with van der Waals surface area (Å²) >= 11 is 0. The van der Waals surface area contributed by atoms with Crippen molar-refractivity contribution in [1.29, 1.82) is 0 Å². The molecule has 4 heteroatoms. The molecule has 2 aromatic rings. The average molecular weight is 255 g/mol. The first-order chi connectivity index (χ1) is 9.06. The minimum absolute atomic E-state index is 0.0919. The number of hydrogen-bond acceptors (Lipinski definition) is 3. The van der Waals surface area contributed by atoms with Crippen LogP contribution in [0.4, 0.5) is 17.1 Å². The van der Waals surface area contributed by atoms with Crippen LogP contribution in [-0.2, 0) is 11.2 Å². The molecule has 0 aliphatic heterocycles. The number of benzene rings is 2. The molecule has 0 saturated heterocycles. The van der Waals surface area contributed by atoms with Crippen LogP contribution >= 0.6 is 0 Å². The first kappa shape index (κ1) is 13.0. The monoisotopic (exact) mass is 255 g/mol. The lowest BCUT2D eigenvalue weighted by molar-refractivity contribution is -0.115. The Morgan fingerprint density at radius 3 is 2.58 bits per heavy atom. The fraction of sp³-hybridized carbons (Fsp3) is 0.133. The summed E-state index contributed by atoms with van der Waals surface area (Å²) in [7, 11) is 0. The van der Waals surface area contributed by atoms with Crippen molar-refractivity contribution in [3.05, 3.63) is 53.6 Å². The molecular weight excluding hydrogens is 238 g/mol. The second kappa shape index (κ2) is 5.44. The Labute approximate surface area is 112 Å². The fourth-order valence-electron chi connectivity index (χ4n) is 1.85. The lowest BCUT2D eigenvalue weighted by atomic mass is 10.1. The molecule has 19 heavy (non-hydrogen) atoms. The molecule has 1 amide bonds. The predicted octanol–water partition coefficient (Wildman–Crippen LogP) is 2.34. The van der Waals surface area contributed by atoms with Gasteiger partial charge in [-0.05, 0) is 36.2 Å². The second-order valence-electron chi connectivity index (χ2n) is 4.50. The maximum absolute atomic E-state index is 12.0. The van der Waals surface area contributed by atoms with E-state index < -0.39 is 0 Å². The van der Waals surface area contributed by atoms with Crippen LogP contribution in [0.2, 0.25) is 0 Å². The van der Waals surface area contributed by atoms with E-state index in [4.69, 9.17) is 11.5 Å². The van der Waals surface area contributed by atoms with E-state index in [1.165, 1.54) is 0 Å². The largest absolute Gasteiger partial charge is 0.399 e. The van der Waals surface area contributed by atoms with Gasteiger partial charge in [-0.2, -0.15) is 0 Å². The van der Waals surface area contributed by atoms with E-state index in [1.54, 1.807) is 18.2 Å². The van der Waals surface area contributed by atoms with Gasteiger partial charge < -0.3 is 16.8 Å². The van der Waals surface area contributed by atoms with E-state index in [9.17, 15) is 4.79 Å². The lowest BCUT2D eigenvalue weighted by Gasteiger charge is -2.09. The molecule has 0 aliphatic carbocycles. The van der Waals surface area contributed by atoms with Crippen LogP contribution in [0.15, 0.2) is 42.5 Å². The molecule has 0 fully saturated rings. The summed E-state index contributed by atoms with van der Waals surface area (Å²) < 4.78 is 0. The average Bonchev–Trinajstić information content (AvgIpc) is 2.36. The number of anilines is 3. The third-order valence-electron chi connectivity index (χ3n) is 2.94. The van der Waals surface area contributed by atoms with Gasteiger partial charge >= 0.3 is 0 Å². The minimum atomic E-state index is -0.0919. The zero-order valence-electron chi connectivity index (χ0n) is 10.8. The van der Waals surface area contributed by atoms with Crippen LogP contribution in [0.5, 0.6) is 0 Å². The molecule has 0 heterocycles. The van der Waals surface area contributed by atoms with E-state index in [-0.39, 0.29) is 12.3 Å². The summed E-state index contributed by atoms with van der Waals surface area (Å²) in [4.78, 5) is 12.0. The quantitative estimate of drug-likeness (QED) is 0.736. The Morgan fingerprint density at radius 1 is 1.16 bits per heavy atom. The van der Waals surface area contributed by atoms with Crippen molar-refractivity contribution in [3.8, 4) is 0 Å². The number of rotatable bonds is 3. The molecule has 5 N–H and O–H groups in total. The van der Waals surface area contributed by atoms with Crippen molar-refractivity contribution in [3.63, 3.8) is 0 Å². The smallest absolute Gasteiger partial charge is 0.228 e. The van der Waals surface area contributed by atoms with Gasteiger partial charge in [-0.1, -0.05) is 24.3 Å². The van der Waals surface area contributed by atoms with Crippen molar-refractivity contribution in [1.82, 2.24) is 0 Å². The van der Waals surface area contributed by atoms with Gasteiger partial charge in [0.05, 0.1) is 6.42 Å². The third kappa shape index (κ3) is 3.25. The highest BCUT2D eigenvalue weighted by Crippen LogP contribution is 2.18. The summed E-state index contributed by atoms with van der Waals surface area (Å²) in [5, 5.41) is 2.87. The van der Waals surface area contributed by atoms with Crippen molar-refractivity contribution >= 4 is 23.0 Å². The van der Waals surface area contributed by atoms with Gasteiger partial charge in [0, 0.05) is 17.1 Å². The fourth-order valence-corrected chi connectivity index (χ4v) is 1.85. The number of nitrogen functional groups attached to an aromatic ring is 2. The summed E-state index contributed by atoms with van der Waals surface area (Å²) in [5.74, 6) is -0.0919. The standard InChI is InChI=1S/C15H17N3O/c1-10-4-2-3-5-14(10)18-15(19)8-11-6-7-12(16)9-13(11)17/h2-7,9H,8,16-17H2,1H3,(H,18,19). The van der Waals surface area contributed by atoms with E-state index in [2.05, 4.69) is 5.32 Å². The van der Waals surface area contributed by atoms with E-state index >= 15 is 0 Å². The molecule has 0 atom stereocenters. The van der Waals surface area contributed by atoms with Crippen LogP contribution < -0.4 is 16.8 Å². The first-order valence-electron chi connectivity index (χ1n) is 6.05. The lowest BCUT2D eigenvalue weighted by Crippen LogP contribution is -2.16. The molecule has 0 bridgehead atoms. The Kier molecular flexibility index (Phi) is 3.71. The zero-order chi connectivity index (χ0) is 13.8. The van der Waals surface area contributed by atoms with Crippen LogP contribution in [0.25, 0.3) is 0 Å². The number of hydrogen-bond donors (Lipinski definition) is 3. The Morgan fingerprint density at radius 2 is 1.89 bits per heavy atom. The van der Waals surface area contributed by atoms with Crippen molar-refractivity contribution in [2.75, 3.05) is 16.8 Å². The molecular formula is C15H17N3O. The predicted molar refractivity (Wildman–Crippen MR) is 78.8 cm³/mol. The molecule has 4 nitrogen and oxygen atoms in total. The number of carbonyl (C=O) groups excluding carboxylic acids is 1. The normalized spacial score (nSPS) is 10.2. The molecule has 0 spiro atoms. The van der Waals surface area contributed by atoms with E-state index in [0.29, 0.717) is 11.4 Å². The highest BCUT2D eigenvalue weighted by atomic mass is 16.1. The Hall–Kier alpha value is -2.49. The van der Waals surface area contributed by atoms with Gasteiger partial charge in [0.1, 0.15) is 0 Å². The minimum Gasteiger partial charge on any atom is -0.399 e. The van der Waals surface area contributed by atoms with Gasteiger partial charge in [-0.3, -0.25) is 4.79 Å². The van der Waals surface area contributed by atoms with Crippen LogP contribution in [0.3, 0.4) is 0 Å². The number of aryl methyl sites for hydroxylation is 1. The summed E-state index contributed by atoms with van der Waals surface area (Å²) in [6.45, 7) is 1.95. The van der Waals surface area contributed by atoms with E-state index in [0.717, 1.165) is 16.8 Å². The van der Waals surface area contributed by atoms with Gasteiger partial charge in [-0.25, -0.2) is 0 Å². The molecule has 0 saturated carbocycles. The molecule has 0 aromatic heterocycles. The van der Waals surface area contributed by atoms with Gasteiger partial charge in [0.15, 0.2) is 0 Å². The van der Waals surface area contributed by atoms with Gasteiger partial charge in [0.25, 0.3) is 0 Å². The van der Waals surface area contributed by atoms with Crippen molar-refractivity contribution in [2.45, 2.75) is 13.3 Å². The highest BCUT2D eigenvalue weighted by Gasteiger charge is 2.08. The van der Waals surface area contributed by atoms with Gasteiger partial charge in [-0.15, -0.1) is 0 Å². The highest BCUT2D eigenvalue weighted by molar-refractivity contribution is 5.93. The number of para-hydroxylation sites is 1. The number of amides is 1. The summed E-state index contributed by atoms with van der Waals surface area (Å²) in [5.41, 5.74) is 15.2. The zero-order valence-corrected chi connectivity index (χ0v) is 10.8. The topological polar surface area (TPSA) is 81.1 Å². The van der Waals surface area contributed by atoms with Crippen molar-refractivity contribution in [2.24, 2.45) is 0 Å². The Bertz CT molecular complexity index is 608. The maximum atomic E-state index is 12.0.